The molecule has 1 aliphatic heterocycles. The monoisotopic (exact) mass is 495 g/mol. The zero-order valence-electron chi connectivity index (χ0n) is 21.2. The largest absolute Gasteiger partial charge is 0.385 e. The van der Waals surface area contributed by atoms with Crippen molar-refractivity contribution in [3.05, 3.63) is 65.5 Å². The minimum atomic E-state index is -0.318. The number of ether oxygens (including phenoxy) is 1. The zero-order valence-corrected chi connectivity index (χ0v) is 21.2. The molecule has 0 bridgehead atoms. The van der Waals surface area contributed by atoms with E-state index in [-0.39, 0.29) is 11.8 Å². The maximum absolute atomic E-state index is 13.6. The number of urea groups is 1. The third-order valence-electron chi connectivity index (χ3n) is 6.39. The van der Waals surface area contributed by atoms with Gasteiger partial charge in [-0.2, -0.15) is 0 Å². The van der Waals surface area contributed by atoms with E-state index in [9.17, 15) is 9.18 Å². The van der Waals surface area contributed by atoms with Crippen molar-refractivity contribution in [2.45, 2.75) is 19.9 Å². The second-order valence-electron chi connectivity index (χ2n) is 9.18. The summed E-state index contributed by atoms with van der Waals surface area (Å²) in [5.41, 5.74) is 4.01. The Morgan fingerprint density at radius 3 is 2.47 bits per heavy atom. The average Bonchev–Trinajstić information content (AvgIpc) is 3.29. The van der Waals surface area contributed by atoms with Gasteiger partial charge < -0.3 is 29.3 Å². The van der Waals surface area contributed by atoms with Crippen LogP contribution in [0.25, 0.3) is 11.3 Å². The summed E-state index contributed by atoms with van der Waals surface area (Å²) >= 11 is 0. The number of likely N-dealkylation sites (N-methyl/N-ethyl adjacent to an activating group) is 1. The lowest BCUT2D eigenvalue weighted by atomic mass is 10.1. The molecule has 1 fully saturated rings. The lowest BCUT2D eigenvalue weighted by molar-refractivity contribution is 0.171. The highest BCUT2D eigenvalue weighted by Gasteiger charge is 2.28. The molecule has 0 unspecified atom stereocenters. The maximum Gasteiger partial charge on any atom is 0.322 e. The molecule has 2 heterocycles. The zero-order chi connectivity index (χ0) is 25.5. The quantitative estimate of drug-likeness (QED) is 0.437. The van der Waals surface area contributed by atoms with E-state index in [0.29, 0.717) is 37.7 Å². The first-order valence-electron chi connectivity index (χ1n) is 12.2. The molecule has 0 spiro atoms. The van der Waals surface area contributed by atoms with Gasteiger partial charge in [-0.05, 0) is 56.8 Å². The molecule has 0 saturated carbocycles. The van der Waals surface area contributed by atoms with Gasteiger partial charge in [0.05, 0.1) is 12.1 Å². The highest BCUT2D eigenvalue weighted by molar-refractivity contribution is 5.89. The van der Waals surface area contributed by atoms with Crippen LogP contribution in [0.5, 0.6) is 0 Å². The Morgan fingerprint density at radius 1 is 1.11 bits per heavy atom. The SMILES string of the molecule is COCCCN(Cc1c(-c2ccc(F)cc2)noc1N1CCN(C)CC1)C(=O)Nc1ccc(C)cc1. The molecule has 36 heavy (non-hydrogen) atoms. The van der Waals surface area contributed by atoms with Crippen molar-refractivity contribution in [1.82, 2.24) is 15.0 Å². The van der Waals surface area contributed by atoms with Crippen LogP contribution in [-0.4, -0.2) is 74.5 Å². The van der Waals surface area contributed by atoms with E-state index in [1.165, 1.54) is 12.1 Å². The molecule has 3 aromatic rings. The van der Waals surface area contributed by atoms with Crippen molar-refractivity contribution in [2.75, 3.05) is 63.7 Å². The predicted molar refractivity (Wildman–Crippen MR) is 139 cm³/mol. The number of carbonyl (C=O) groups is 1. The summed E-state index contributed by atoms with van der Waals surface area (Å²) in [6.45, 7) is 6.71. The number of nitrogens with one attached hydrogen (secondary N) is 1. The van der Waals surface area contributed by atoms with Crippen molar-refractivity contribution in [2.24, 2.45) is 0 Å². The smallest absolute Gasteiger partial charge is 0.322 e. The Hall–Kier alpha value is -3.43. The molecule has 0 aliphatic carbocycles. The number of benzene rings is 2. The van der Waals surface area contributed by atoms with Gasteiger partial charge in [0.15, 0.2) is 0 Å². The Labute approximate surface area is 211 Å². The first-order valence-corrected chi connectivity index (χ1v) is 12.2. The molecule has 2 aromatic carbocycles. The van der Waals surface area contributed by atoms with Crippen molar-refractivity contribution < 1.29 is 18.4 Å². The predicted octanol–water partition coefficient (Wildman–Crippen LogP) is 4.61. The highest BCUT2D eigenvalue weighted by Crippen LogP contribution is 2.33. The number of hydrogen-bond donors (Lipinski definition) is 1. The first kappa shape index (κ1) is 25.7. The molecular formula is C27H34FN5O3. The van der Waals surface area contributed by atoms with Gasteiger partial charge in [0, 0.05) is 57.7 Å². The van der Waals surface area contributed by atoms with E-state index in [4.69, 9.17) is 9.26 Å². The van der Waals surface area contributed by atoms with Gasteiger partial charge in [-0.3, -0.25) is 0 Å². The molecule has 192 valence electrons. The third-order valence-corrected chi connectivity index (χ3v) is 6.39. The van der Waals surface area contributed by atoms with Crippen molar-refractivity contribution >= 4 is 17.6 Å². The Balaban J connectivity index is 1.65. The summed E-state index contributed by atoms with van der Waals surface area (Å²) < 4.78 is 24.7. The van der Waals surface area contributed by atoms with Gasteiger partial charge in [0.25, 0.3) is 0 Å². The summed E-state index contributed by atoms with van der Waals surface area (Å²) in [5, 5.41) is 7.38. The van der Waals surface area contributed by atoms with Crippen molar-refractivity contribution in [3.8, 4) is 11.3 Å². The van der Waals surface area contributed by atoms with E-state index in [2.05, 4.69) is 27.3 Å². The number of piperazine rings is 1. The number of anilines is 2. The van der Waals surface area contributed by atoms with Crippen LogP contribution in [0.3, 0.4) is 0 Å². The number of aromatic nitrogens is 1. The van der Waals surface area contributed by atoms with Gasteiger partial charge in [-0.1, -0.05) is 22.9 Å². The fourth-order valence-electron chi connectivity index (χ4n) is 4.22. The summed E-state index contributed by atoms with van der Waals surface area (Å²) in [6, 6.07) is 13.7. The van der Waals surface area contributed by atoms with E-state index in [0.717, 1.165) is 48.6 Å². The molecule has 0 radical (unpaired) electrons. The van der Waals surface area contributed by atoms with E-state index in [1.54, 1.807) is 24.1 Å². The van der Waals surface area contributed by atoms with Gasteiger partial charge in [-0.15, -0.1) is 0 Å². The van der Waals surface area contributed by atoms with E-state index >= 15 is 0 Å². The van der Waals surface area contributed by atoms with Crippen LogP contribution < -0.4 is 10.2 Å². The third kappa shape index (κ3) is 6.41. The molecule has 4 rings (SSSR count). The molecule has 9 heteroatoms. The fourth-order valence-corrected chi connectivity index (χ4v) is 4.22. The second-order valence-corrected chi connectivity index (χ2v) is 9.18. The van der Waals surface area contributed by atoms with E-state index < -0.39 is 0 Å². The number of methoxy groups -OCH3 is 1. The van der Waals surface area contributed by atoms with Gasteiger partial charge in [0.1, 0.15) is 11.5 Å². The molecule has 0 atom stereocenters. The second kappa shape index (κ2) is 12.0. The summed E-state index contributed by atoms with van der Waals surface area (Å²) in [4.78, 5) is 19.6. The lowest BCUT2D eigenvalue weighted by Crippen LogP contribution is -2.45. The minimum Gasteiger partial charge on any atom is -0.385 e. The molecule has 1 aromatic heterocycles. The maximum atomic E-state index is 13.6. The van der Waals surface area contributed by atoms with Crippen LogP contribution in [-0.2, 0) is 11.3 Å². The minimum absolute atomic E-state index is 0.217. The number of aryl methyl sites for hydroxylation is 1. The van der Waals surface area contributed by atoms with Crippen molar-refractivity contribution in [3.63, 3.8) is 0 Å². The van der Waals surface area contributed by atoms with Gasteiger partial charge in [0.2, 0.25) is 5.88 Å². The standard InChI is InChI=1S/C27H34FN5O3/c1-20-5-11-23(12-6-20)29-27(34)33(13-4-18-35-3)19-24-25(21-7-9-22(28)10-8-21)30-36-26(24)32-16-14-31(2)15-17-32/h5-12H,4,13-19H2,1-3H3,(H,29,34). The first-order chi connectivity index (χ1) is 17.4. The summed E-state index contributed by atoms with van der Waals surface area (Å²) in [7, 11) is 3.74. The Kier molecular flexibility index (Phi) is 8.56. The summed E-state index contributed by atoms with van der Waals surface area (Å²) in [5.74, 6) is 0.337. The lowest BCUT2D eigenvalue weighted by Gasteiger charge is -2.33. The molecule has 8 nitrogen and oxygen atoms in total. The van der Waals surface area contributed by atoms with Crippen LogP contribution in [0, 0.1) is 12.7 Å². The number of carbonyl (C=O) groups excluding carboxylic acids is 1. The molecule has 1 N–H and O–H groups in total. The number of nitrogens with zero attached hydrogens (tertiary/aromatic N) is 4. The number of halogens is 1. The fraction of sp³-hybridized carbons (Fsp3) is 0.407. The number of rotatable bonds is 9. The van der Waals surface area contributed by atoms with Crippen LogP contribution in [0.2, 0.25) is 0 Å². The van der Waals surface area contributed by atoms with Gasteiger partial charge in [-0.25, -0.2) is 9.18 Å². The summed E-state index contributed by atoms with van der Waals surface area (Å²) in [6.07, 6.45) is 0.679. The number of hydrogen-bond acceptors (Lipinski definition) is 6. The van der Waals surface area contributed by atoms with Crippen LogP contribution in [0.1, 0.15) is 17.5 Å². The number of amides is 2. The molecule has 2 amide bonds. The topological polar surface area (TPSA) is 74.1 Å². The Morgan fingerprint density at radius 2 is 1.81 bits per heavy atom. The van der Waals surface area contributed by atoms with Gasteiger partial charge >= 0.3 is 6.03 Å². The van der Waals surface area contributed by atoms with E-state index in [1.807, 2.05) is 31.2 Å². The van der Waals surface area contributed by atoms with Crippen LogP contribution >= 0.6 is 0 Å². The van der Waals surface area contributed by atoms with Crippen molar-refractivity contribution in [1.29, 1.82) is 0 Å². The Bertz CT molecular complexity index is 1130. The normalized spacial score (nSPS) is 14.2. The van der Waals surface area contributed by atoms with Crippen LogP contribution in [0.15, 0.2) is 53.1 Å². The molecular weight excluding hydrogens is 461 g/mol. The average molecular weight is 496 g/mol. The van der Waals surface area contributed by atoms with Crippen LogP contribution in [0.4, 0.5) is 20.8 Å². The molecule has 1 saturated heterocycles. The molecule has 1 aliphatic rings. The highest BCUT2D eigenvalue weighted by atomic mass is 19.1.